The maximum atomic E-state index is 11.5. The second-order valence-corrected chi connectivity index (χ2v) is 10.9. The SMILES string of the molecule is CS(=O)(=O)CCN1CCc2c(cccc2Nc2ccc(CN)c(-c3ccc(Cl)cn3)c2)C1. The van der Waals surface area contributed by atoms with Crippen LogP contribution in [0, 0.1) is 0 Å². The topological polar surface area (TPSA) is 88.3 Å². The van der Waals surface area contributed by atoms with Crippen LogP contribution in [0.15, 0.2) is 54.7 Å². The monoisotopic (exact) mass is 470 g/mol. The molecule has 32 heavy (non-hydrogen) atoms. The van der Waals surface area contributed by atoms with E-state index in [0.717, 1.165) is 47.7 Å². The predicted molar refractivity (Wildman–Crippen MR) is 131 cm³/mol. The van der Waals surface area contributed by atoms with Gasteiger partial charge in [0.1, 0.15) is 9.84 Å². The Hall–Kier alpha value is -2.45. The Morgan fingerprint density at radius 2 is 2.03 bits per heavy atom. The van der Waals surface area contributed by atoms with Crippen LogP contribution in [0.25, 0.3) is 11.3 Å². The van der Waals surface area contributed by atoms with Crippen molar-refractivity contribution in [1.82, 2.24) is 9.88 Å². The van der Waals surface area contributed by atoms with Crippen LogP contribution in [0.4, 0.5) is 11.4 Å². The maximum absolute atomic E-state index is 11.5. The summed E-state index contributed by atoms with van der Waals surface area (Å²) in [7, 11) is -2.96. The molecule has 1 aliphatic heterocycles. The van der Waals surface area contributed by atoms with E-state index in [-0.39, 0.29) is 5.75 Å². The van der Waals surface area contributed by atoms with Crippen LogP contribution in [0.2, 0.25) is 5.02 Å². The van der Waals surface area contributed by atoms with E-state index in [4.69, 9.17) is 17.3 Å². The zero-order valence-electron chi connectivity index (χ0n) is 18.0. The van der Waals surface area contributed by atoms with Crippen LogP contribution in [0.1, 0.15) is 16.7 Å². The van der Waals surface area contributed by atoms with E-state index < -0.39 is 9.84 Å². The molecule has 8 heteroatoms. The lowest BCUT2D eigenvalue weighted by molar-refractivity contribution is 0.269. The molecule has 168 valence electrons. The van der Waals surface area contributed by atoms with Gasteiger partial charge in [-0.25, -0.2) is 8.42 Å². The number of fused-ring (bicyclic) bond motifs is 1. The maximum Gasteiger partial charge on any atom is 0.148 e. The number of hydrogen-bond acceptors (Lipinski definition) is 6. The van der Waals surface area contributed by atoms with Crippen molar-refractivity contribution in [3.8, 4) is 11.3 Å². The number of anilines is 2. The van der Waals surface area contributed by atoms with Gasteiger partial charge in [-0.1, -0.05) is 29.8 Å². The lowest BCUT2D eigenvalue weighted by Crippen LogP contribution is -2.34. The highest BCUT2D eigenvalue weighted by Crippen LogP contribution is 2.31. The Labute approximate surface area is 194 Å². The van der Waals surface area contributed by atoms with Crippen molar-refractivity contribution in [2.45, 2.75) is 19.5 Å². The molecular formula is C24H27ClN4O2S. The molecule has 0 atom stereocenters. The summed E-state index contributed by atoms with van der Waals surface area (Å²) in [6.07, 6.45) is 3.80. The van der Waals surface area contributed by atoms with Gasteiger partial charge < -0.3 is 11.1 Å². The second-order valence-electron chi connectivity index (χ2n) is 8.16. The first-order chi connectivity index (χ1) is 15.3. The largest absolute Gasteiger partial charge is 0.355 e. The van der Waals surface area contributed by atoms with Gasteiger partial charge in [-0.3, -0.25) is 9.88 Å². The summed E-state index contributed by atoms with van der Waals surface area (Å²) in [5, 5.41) is 4.16. The number of pyridine rings is 1. The number of rotatable bonds is 7. The summed E-state index contributed by atoms with van der Waals surface area (Å²) >= 11 is 6.00. The average Bonchev–Trinajstić information content (AvgIpc) is 2.78. The van der Waals surface area contributed by atoms with Gasteiger partial charge in [-0.2, -0.15) is 0 Å². The molecule has 6 nitrogen and oxygen atoms in total. The summed E-state index contributed by atoms with van der Waals surface area (Å²) in [4.78, 5) is 6.66. The van der Waals surface area contributed by atoms with E-state index >= 15 is 0 Å². The van der Waals surface area contributed by atoms with Crippen LogP contribution in [-0.2, 0) is 29.3 Å². The van der Waals surface area contributed by atoms with Crippen molar-refractivity contribution in [2.75, 3.05) is 30.4 Å². The van der Waals surface area contributed by atoms with Gasteiger partial charge in [0.25, 0.3) is 0 Å². The lowest BCUT2D eigenvalue weighted by Gasteiger charge is -2.30. The summed E-state index contributed by atoms with van der Waals surface area (Å²) in [5.41, 5.74) is 13.3. The van der Waals surface area contributed by atoms with Crippen LogP contribution >= 0.6 is 11.6 Å². The van der Waals surface area contributed by atoms with Gasteiger partial charge >= 0.3 is 0 Å². The molecule has 1 aromatic heterocycles. The normalized spacial score (nSPS) is 14.2. The number of benzene rings is 2. The van der Waals surface area contributed by atoms with Crippen molar-refractivity contribution >= 4 is 32.8 Å². The number of sulfone groups is 1. The molecule has 0 amide bonds. The average molecular weight is 471 g/mol. The number of aromatic nitrogens is 1. The van der Waals surface area contributed by atoms with E-state index in [9.17, 15) is 8.42 Å². The van der Waals surface area contributed by atoms with Gasteiger partial charge in [0.05, 0.1) is 16.5 Å². The molecule has 0 saturated carbocycles. The molecule has 2 heterocycles. The lowest BCUT2D eigenvalue weighted by atomic mass is 9.97. The molecule has 0 spiro atoms. The summed E-state index contributed by atoms with van der Waals surface area (Å²) in [6.45, 7) is 2.58. The Bertz CT molecular complexity index is 1210. The predicted octanol–water partition coefficient (Wildman–Crippen LogP) is 4.01. The van der Waals surface area contributed by atoms with E-state index in [2.05, 4.69) is 33.4 Å². The van der Waals surface area contributed by atoms with Crippen molar-refractivity contribution in [1.29, 1.82) is 0 Å². The van der Waals surface area contributed by atoms with E-state index in [1.807, 2.05) is 30.3 Å². The molecule has 4 rings (SSSR count). The first-order valence-corrected chi connectivity index (χ1v) is 13.0. The van der Waals surface area contributed by atoms with Gasteiger partial charge in [0, 0.05) is 55.6 Å². The molecule has 0 fully saturated rings. The van der Waals surface area contributed by atoms with E-state index in [1.54, 1.807) is 6.20 Å². The van der Waals surface area contributed by atoms with E-state index in [1.165, 1.54) is 17.4 Å². The third-order valence-electron chi connectivity index (χ3n) is 5.74. The number of nitrogens with one attached hydrogen (secondary N) is 1. The fraction of sp³-hybridized carbons (Fsp3) is 0.292. The highest BCUT2D eigenvalue weighted by atomic mass is 35.5. The van der Waals surface area contributed by atoms with Gasteiger partial charge in [-0.05, 0) is 53.4 Å². The van der Waals surface area contributed by atoms with Gasteiger partial charge in [0.2, 0.25) is 0 Å². The minimum Gasteiger partial charge on any atom is -0.355 e. The summed E-state index contributed by atoms with van der Waals surface area (Å²) in [6, 6.07) is 16.1. The standard InChI is InChI=1S/C24H27ClN4O2S/c1-32(30,31)12-11-29-10-9-21-18(16-29)3-2-4-24(21)28-20-7-5-17(14-26)22(13-20)23-8-6-19(25)15-27-23/h2-8,13,15,28H,9-12,14,16,26H2,1H3. The molecule has 2 aromatic carbocycles. The number of halogens is 1. The zero-order valence-corrected chi connectivity index (χ0v) is 19.6. The minimum atomic E-state index is -2.96. The quantitative estimate of drug-likeness (QED) is 0.542. The first-order valence-electron chi connectivity index (χ1n) is 10.6. The van der Waals surface area contributed by atoms with Crippen molar-refractivity contribution < 1.29 is 8.42 Å². The summed E-state index contributed by atoms with van der Waals surface area (Å²) < 4.78 is 23.0. The third kappa shape index (κ3) is 5.48. The van der Waals surface area contributed by atoms with Gasteiger partial charge in [0.15, 0.2) is 0 Å². The van der Waals surface area contributed by atoms with Crippen molar-refractivity contribution in [3.63, 3.8) is 0 Å². The fourth-order valence-corrected chi connectivity index (χ4v) is 4.73. The Morgan fingerprint density at radius 1 is 1.19 bits per heavy atom. The fourth-order valence-electron chi connectivity index (χ4n) is 4.03. The molecule has 0 radical (unpaired) electrons. The molecule has 1 aliphatic rings. The van der Waals surface area contributed by atoms with Crippen molar-refractivity contribution in [2.24, 2.45) is 5.73 Å². The third-order valence-corrected chi connectivity index (χ3v) is 6.88. The van der Waals surface area contributed by atoms with Crippen LogP contribution in [0.3, 0.4) is 0 Å². The number of hydrogen-bond donors (Lipinski definition) is 2. The molecule has 0 unspecified atom stereocenters. The first kappa shape index (κ1) is 22.7. The molecule has 0 bridgehead atoms. The molecule has 0 saturated heterocycles. The number of nitrogens with zero attached hydrogens (tertiary/aromatic N) is 2. The molecular weight excluding hydrogens is 444 g/mol. The second kappa shape index (κ2) is 9.58. The Kier molecular flexibility index (Phi) is 6.81. The Balaban J connectivity index is 1.57. The highest BCUT2D eigenvalue weighted by molar-refractivity contribution is 7.90. The highest BCUT2D eigenvalue weighted by Gasteiger charge is 2.20. The van der Waals surface area contributed by atoms with Crippen LogP contribution in [0.5, 0.6) is 0 Å². The van der Waals surface area contributed by atoms with Crippen molar-refractivity contribution in [3.05, 3.63) is 76.4 Å². The van der Waals surface area contributed by atoms with Gasteiger partial charge in [-0.15, -0.1) is 0 Å². The molecule has 0 aliphatic carbocycles. The van der Waals surface area contributed by atoms with Crippen LogP contribution < -0.4 is 11.1 Å². The Morgan fingerprint density at radius 3 is 2.75 bits per heavy atom. The summed E-state index contributed by atoms with van der Waals surface area (Å²) in [5.74, 6) is 0.190. The van der Waals surface area contributed by atoms with Crippen LogP contribution in [-0.4, -0.2) is 43.4 Å². The van der Waals surface area contributed by atoms with E-state index in [0.29, 0.717) is 18.1 Å². The minimum absolute atomic E-state index is 0.190. The number of nitrogens with two attached hydrogens (primary N) is 1. The molecule has 3 N–H and O–H groups in total. The zero-order chi connectivity index (χ0) is 22.7. The molecule has 3 aromatic rings. The smallest absolute Gasteiger partial charge is 0.148 e.